The number of aryl methyl sites for hydroxylation is 1. The molecule has 5 N–H and O–H groups in total. The van der Waals surface area contributed by atoms with E-state index in [0.717, 1.165) is 22.3 Å². The fourth-order valence-electron chi connectivity index (χ4n) is 3.35. The average molecular weight is 505 g/mol. The van der Waals surface area contributed by atoms with Gasteiger partial charge in [0.15, 0.2) is 10.8 Å². The summed E-state index contributed by atoms with van der Waals surface area (Å²) < 4.78 is 41.7. The van der Waals surface area contributed by atoms with Crippen molar-refractivity contribution in [2.45, 2.75) is 25.2 Å². The number of nitrogens with zero attached hydrogens (tertiary/aromatic N) is 1. The molecule has 182 valence electrons. The zero-order valence-corrected chi connectivity index (χ0v) is 18.6. The number of amides is 2. The van der Waals surface area contributed by atoms with E-state index < -0.39 is 35.8 Å². The Balaban J connectivity index is 1.42. The van der Waals surface area contributed by atoms with E-state index in [1.807, 2.05) is 0 Å². The van der Waals surface area contributed by atoms with Crippen molar-refractivity contribution >= 4 is 51.8 Å². The van der Waals surface area contributed by atoms with Crippen molar-refractivity contribution in [3.63, 3.8) is 0 Å². The van der Waals surface area contributed by atoms with Gasteiger partial charge in [-0.15, -0.1) is 24.5 Å². The molecule has 0 saturated carbocycles. The standard InChI is InChI=1S/C22H18F3N5O4S/c23-22(24,25)34-15-8-4-3-7-13(15)29-19(32)17(31)14-9-10-16-18(27-14)30-21(35-16)20(33)28-12-6-2-1-5-11(12)26/h1-8,14,27H,9-10,26H2,(H,28,33)(H,29,32). The Bertz CT molecular complexity index is 1290. The Kier molecular flexibility index (Phi) is 6.60. The molecule has 2 aromatic carbocycles. The second-order valence-electron chi connectivity index (χ2n) is 7.43. The highest BCUT2D eigenvalue weighted by Crippen LogP contribution is 2.32. The monoisotopic (exact) mass is 505 g/mol. The Morgan fingerprint density at radius 2 is 1.74 bits per heavy atom. The maximum Gasteiger partial charge on any atom is 0.573 e. The highest BCUT2D eigenvalue weighted by molar-refractivity contribution is 7.14. The van der Waals surface area contributed by atoms with Gasteiger partial charge < -0.3 is 26.4 Å². The summed E-state index contributed by atoms with van der Waals surface area (Å²) in [6.07, 6.45) is -4.36. The van der Waals surface area contributed by atoms with Crippen LogP contribution in [0.25, 0.3) is 0 Å². The van der Waals surface area contributed by atoms with Crippen LogP contribution in [0.15, 0.2) is 48.5 Å². The topological polar surface area (TPSA) is 135 Å². The molecule has 1 atom stereocenters. The maximum atomic E-state index is 12.7. The van der Waals surface area contributed by atoms with Crippen molar-refractivity contribution in [3.8, 4) is 5.75 Å². The molecule has 1 aliphatic rings. The number of para-hydroxylation sites is 4. The molecule has 2 heterocycles. The van der Waals surface area contributed by atoms with Gasteiger partial charge in [0.1, 0.15) is 5.82 Å². The van der Waals surface area contributed by atoms with Crippen molar-refractivity contribution in [2.75, 3.05) is 21.7 Å². The second-order valence-corrected chi connectivity index (χ2v) is 8.51. The molecule has 13 heteroatoms. The van der Waals surface area contributed by atoms with E-state index >= 15 is 0 Å². The van der Waals surface area contributed by atoms with E-state index in [9.17, 15) is 27.6 Å². The number of nitrogens with two attached hydrogens (primary N) is 1. The number of aromatic nitrogens is 1. The van der Waals surface area contributed by atoms with E-state index in [1.165, 1.54) is 18.2 Å². The van der Waals surface area contributed by atoms with Crippen molar-refractivity contribution in [1.29, 1.82) is 0 Å². The number of benzene rings is 2. The lowest BCUT2D eigenvalue weighted by Gasteiger charge is -2.22. The van der Waals surface area contributed by atoms with Gasteiger partial charge in [-0.1, -0.05) is 24.3 Å². The van der Waals surface area contributed by atoms with E-state index in [4.69, 9.17) is 5.73 Å². The fourth-order valence-corrected chi connectivity index (χ4v) is 4.29. The van der Waals surface area contributed by atoms with Gasteiger partial charge in [-0.3, -0.25) is 14.4 Å². The van der Waals surface area contributed by atoms with Crippen LogP contribution in [0, 0.1) is 0 Å². The lowest BCUT2D eigenvalue weighted by Crippen LogP contribution is -2.40. The van der Waals surface area contributed by atoms with Crippen LogP contribution in [-0.2, 0) is 16.0 Å². The lowest BCUT2D eigenvalue weighted by atomic mass is 10.0. The highest BCUT2D eigenvalue weighted by atomic mass is 32.1. The first-order valence-electron chi connectivity index (χ1n) is 10.2. The number of carbonyl (C=O) groups is 3. The first kappa shape index (κ1) is 24.0. The van der Waals surface area contributed by atoms with Gasteiger partial charge in [0, 0.05) is 4.88 Å². The third-order valence-corrected chi connectivity index (χ3v) is 6.09. The third-order valence-electron chi connectivity index (χ3n) is 4.97. The number of carbonyl (C=O) groups excluding carboxylic acids is 3. The van der Waals surface area contributed by atoms with Gasteiger partial charge >= 0.3 is 6.36 Å². The van der Waals surface area contributed by atoms with Gasteiger partial charge in [-0.05, 0) is 37.1 Å². The number of thiazole rings is 1. The average Bonchev–Trinajstić information content (AvgIpc) is 3.24. The Morgan fingerprint density at radius 3 is 2.46 bits per heavy atom. The van der Waals surface area contributed by atoms with E-state index in [1.54, 1.807) is 24.3 Å². The second kappa shape index (κ2) is 9.62. The SMILES string of the molecule is Nc1ccccc1NC(=O)c1nc2c(s1)CCC(C(=O)C(=O)Nc1ccccc1OC(F)(F)F)N2. The number of fused-ring (bicyclic) bond motifs is 1. The van der Waals surface area contributed by atoms with Gasteiger partial charge in [0.2, 0.25) is 5.78 Å². The predicted molar refractivity (Wildman–Crippen MR) is 123 cm³/mol. The number of nitrogens with one attached hydrogen (secondary N) is 3. The summed E-state index contributed by atoms with van der Waals surface area (Å²) in [5.41, 5.74) is 6.35. The van der Waals surface area contributed by atoms with Gasteiger partial charge in [0.25, 0.3) is 11.8 Å². The van der Waals surface area contributed by atoms with Crippen molar-refractivity contribution in [3.05, 3.63) is 58.4 Å². The molecule has 0 saturated heterocycles. The van der Waals surface area contributed by atoms with Crippen LogP contribution in [0.4, 0.5) is 36.1 Å². The number of rotatable bonds is 6. The molecule has 4 rings (SSSR count). The molecule has 0 radical (unpaired) electrons. The smallest absolute Gasteiger partial charge is 0.404 e. The summed E-state index contributed by atoms with van der Waals surface area (Å²) in [6.45, 7) is 0. The summed E-state index contributed by atoms with van der Waals surface area (Å²) in [4.78, 5) is 42.7. The normalized spacial score (nSPS) is 14.9. The predicted octanol–water partition coefficient (Wildman–Crippen LogP) is 3.81. The first-order chi connectivity index (χ1) is 16.6. The van der Waals surface area contributed by atoms with Gasteiger partial charge in [-0.25, -0.2) is 4.98 Å². The van der Waals surface area contributed by atoms with Crippen molar-refractivity contribution in [1.82, 2.24) is 4.98 Å². The molecular weight excluding hydrogens is 487 g/mol. The van der Waals surface area contributed by atoms with E-state index in [-0.39, 0.29) is 17.1 Å². The number of halogens is 3. The minimum atomic E-state index is -4.97. The van der Waals surface area contributed by atoms with E-state index in [0.29, 0.717) is 23.6 Å². The quantitative estimate of drug-likeness (QED) is 0.296. The van der Waals surface area contributed by atoms with E-state index in [2.05, 4.69) is 25.7 Å². The number of anilines is 4. The van der Waals surface area contributed by atoms with Crippen LogP contribution in [0.2, 0.25) is 0 Å². The fraction of sp³-hybridized carbons (Fsp3) is 0.182. The molecule has 0 bridgehead atoms. The van der Waals surface area contributed by atoms with Crippen molar-refractivity contribution in [2.24, 2.45) is 0 Å². The number of ketones is 1. The molecule has 35 heavy (non-hydrogen) atoms. The van der Waals surface area contributed by atoms with Crippen LogP contribution in [0.1, 0.15) is 21.1 Å². The van der Waals surface area contributed by atoms with Gasteiger partial charge in [-0.2, -0.15) is 0 Å². The summed E-state index contributed by atoms with van der Waals surface area (Å²) in [6, 6.07) is 10.6. The minimum absolute atomic E-state index is 0.140. The summed E-state index contributed by atoms with van der Waals surface area (Å²) >= 11 is 1.14. The molecule has 3 aromatic rings. The number of ether oxygens (including phenoxy) is 1. The highest BCUT2D eigenvalue weighted by Gasteiger charge is 2.34. The van der Waals surface area contributed by atoms with Crippen molar-refractivity contribution < 1.29 is 32.3 Å². The molecule has 0 aliphatic carbocycles. The van der Waals surface area contributed by atoms with Crippen LogP contribution in [0.3, 0.4) is 0 Å². The number of hydrogen-bond donors (Lipinski definition) is 4. The van der Waals surface area contributed by atoms with Crippen LogP contribution < -0.4 is 26.4 Å². The summed E-state index contributed by atoms with van der Waals surface area (Å²) in [7, 11) is 0. The summed E-state index contributed by atoms with van der Waals surface area (Å²) in [5.74, 6) is -2.84. The van der Waals surface area contributed by atoms with Crippen LogP contribution >= 0.6 is 11.3 Å². The Hall–Kier alpha value is -4.13. The number of nitrogen functional groups attached to an aromatic ring is 1. The number of Topliss-reactive ketones (excluding diaryl/α,β-unsaturated/α-hetero) is 1. The lowest BCUT2D eigenvalue weighted by molar-refractivity contribution is -0.274. The number of hydrogen-bond acceptors (Lipinski definition) is 8. The maximum absolute atomic E-state index is 12.7. The third kappa shape index (κ3) is 5.69. The Morgan fingerprint density at radius 1 is 1.06 bits per heavy atom. The summed E-state index contributed by atoms with van der Waals surface area (Å²) in [5, 5.41) is 7.81. The van der Waals surface area contributed by atoms with Gasteiger partial charge in [0.05, 0.1) is 23.1 Å². The molecule has 2 amide bonds. The zero-order chi connectivity index (χ0) is 25.2. The molecule has 1 aromatic heterocycles. The molecule has 1 aliphatic heterocycles. The van der Waals surface area contributed by atoms with Crippen LogP contribution in [0.5, 0.6) is 5.75 Å². The molecule has 0 fully saturated rings. The molecule has 9 nitrogen and oxygen atoms in total. The molecule has 0 spiro atoms. The van der Waals surface area contributed by atoms with Crippen LogP contribution in [-0.4, -0.2) is 35.0 Å². The molecular formula is C22H18F3N5O4S. The Labute approximate surface area is 200 Å². The minimum Gasteiger partial charge on any atom is -0.404 e. The number of alkyl halides is 3. The zero-order valence-electron chi connectivity index (χ0n) is 17.8. The first-order valence-corrected chi connectivity index (χ1v) is 11.0. The largest absolute Gasteiger partial charge is 0.573 e. The molecule has 1 unspecified atom stereocenters.